The molecule has 0 bridgehead atoms. The van der Waals surface area contributed by atoms with Gasteiger partial charge in [-0.25, -0.2) is 4.98 Å². The van der Waals surface area contributed by atoms with Crippen molar-refractivity contribution in [1.29, 1.82) is 0 Å². The van der Waals surface area contributed by atoms with Gasteiger partial charge in [0.05, 0.1) is 12.3 Å². The Morgan fingerprint density at radius 2 is 2.40 bits per heavy atom. The summed E-state index contributed by atoms with van der Waals surface area (Å²) < 4.78 is 5.15. The topological polar surface area (TPSA) is 42.4 Å². The van der Waals surface area contributed by atoms with Crippen molar-refractivity contribution in [3.05, 3.63) is 10.6 Å². The molecule has 1 aliphatic carbocycles. The van der Waals surface area contributed by atoms with Crippen LogP contribution < -0.4 is 4.90 Å². The van der Waals surface area contributed by atoms with Gasteiger partial charge in [-0.15, -0.1) is 11.3 Å². The maximum Gasteiger partial charge on any atom is 0.315 e. The fourth-order valence-corrected chi connectivity index (χ4v) is 4.29. The predicted molar refractivity (Wildman–Crippen MR) is 86.1 cm³/mol. The molecule has 6 heteroatoms. The van der Waals surface area contributed by atoms with E-state index in [1.807, 2.05) is 18.7 Å². The van der Waals surface area contributed by atoms with Gasteiger partial charge >= 0.3 is 5.97 Å². The van der Waals surface area contributed by atoms with E-state index in [4.69, 9.17) is 9.72 Å². The summed E-state index contributed by atoms with van der Waals surface area (Å²) in [6, 6.07) is 0.442. The molecule has 1 aromatic heterocycles. The SMILES string of the molecule is CCOC(=O)C1CCc2sc(N(C)C(C)CSC)nc21. The van der Waals surface area contributed by atoms with E-state index in [2.05, 4.69) is 25.1 Å². The van der Waals surface area contributed by atoms with Crippen LogP contribution in [0.15, 0.2) is 0 Å². The Balaban J connectivity index is 2.14. The second kappa shape index (κ2) is 6.80. The lowest BCUT2D eigenvalue weighted by molar-refractivity contribution is -0.145. The number of aryl methyl sites for hydroxylation is 1. The Labute approximate surface area is 128 Å². The normalized spacial score (nSPS) is 18.7. The predicted octanol–water partition coefficient (Wildman–Crippen LogP) is 2.92. The molecule has 2 atom stereocenters. The van der Waals surface area contributed by atoms with Crippen LogP contribution in [0.1, 0.15) is 36.8 Å². The zero-order valence-electron chi connectivity index (χ0n) is 12.5. The van der Waals surface area contributed by atoms with Crippen LogP contribution >= 0.6 is 23.1 Å². The Kier molecular flexibility index (Phi) is 5.32. The van der Waals surface area contributed by atoms with E-state index >= 15 is 0 Å². The van der Waals surface area contributed by atoms with E-state index in [1.54, 1.807) is 11.3 Å². The van der Waals surface area contributed by atoms with E-state index in [0.717, 1.165) is 29.4 Å². The number of thiazole rings is 1. The Hall–Kier alpha value is -0.750. The Bertz CT molecular complexity index is 476. The van der Waals surface area contributed by atoms with Crippen LogP contribution in [0, 0.1) is 0 Å². The van der Waals surface area contributed by atoms with E-state index in [9.17, 15) is 4.79 Å². The number of aromatic nitrogens is 1. The van der Waals surface area contributed by atoms with Crippen molar-refractivity contribution in [1.82, 2.24) is 4.98 Å². The smallest absolute Gasteiger partial charge is 0.315 e. The average Bonchev–Trinajstić information content (AvgIpc) is 2.97. The van der Waals surface area contributed by atoms with E-state index in [0.29, 0.717) is 12.6 Å². The van der Waals surface area contributed by atoms with Crippen LogP contribution in [0.25, 0.3) is 0 Å². The summed E-state index contributed by atoms with van der Waals surface area (Å²) in [4.78, 5) is 20.1. The molecular weight excluding hydrogens is 292 g/mol. The summed E-state index contributed by atoms with van der Waals surface area (Å²) in [7, 11) is 2.08. The van der Waals surface area contributed by atoms with Crippen LogP contribution in [-0.4, -0.2) is 42.7 Å². The Morgan fingerprint density at radius 3 is 3.05 bits per heavy atom. The molecule has 2 rings (SSSR count). The highest BCUT2D eigenvalue weighted by Crippen LogP contribution is 2.40. The van der Waals surface area contributed by atoms with Gasteiger partial charge in [0, 0.05) is 23.7 Å². The zero-order valence-corrected chi connectivity index (χ0v) is 14.1. The number of thioether (sulfide) groups is 1. The molecule has 0 fully saturated rings. The molecule has 20 heavy (non-hydrogen) atoms. The molecule has 0 aliphatic heterocycles. The van der Waals surface area contributed by atoms with E-state index < -0.39 is 0 Å². The van der Waals surface area contributed by atoms with Crippen molar-refractivity contribution in [2.24, 2.45) is 0 Å². The van der Waals surface area contributed by atoms with Gasteiger partial charge < -0.3 is 9.64 Å². The van der Waals surface area contributed by atoms with Gasteiger partial charge in [0.25, 0.3) is 0 Å². The van der Waals surface area contributed by atoms with Crippen LogP contribution in [0.2, 0.25) is 0 Å². The van der Waals surface area contributed by atoms with Crippen molar-refractivity contribution in [3.63, 3.8) is 0 Å². The van der Waals surface area contributed by atoms with Crippen molar-refractivity contribution < 1.29 is 9.53 Å². The first-order valence-corrected chi connectivity index (χ1v) is 9.17. The summed E-state index contributed by atoms with van der Waals surface area (Å²) in [5, 5.41) is 1.02. The first kappa shape index (κ1) is 15.6. The number of hydrogen-bond acceptors (Lipinski definition) is 6. The molecule has 0 amide bonds. The maximum absolute atomic E-state index is 11.9. The minimum Gasteiger partial charge on any atom is -0.465 e. The summed E-state index contributed by atoms with van der Waals surface area (Å²) in [6.45, 7) is 4.48. The molecule has 2 unspecified atom stereocenters. The summed E-state index contributed by atoms with van der Waals surface area (Å²) in [6.07, 6.45) is 3.90. The van der Waals surface area contributed by atoms with Gasteiger partial charge in [0.1, 0.15) is 5.92 Å². The highest BCUT2D eigenvalue weighted by Gasteiger charge is 2.34. The zero-order chi connectivity index (χ0) is 14.7. The molecule has 4 nitrogen and oxygen atoms in total. The number of fused-ring (bicyclic) bond motifs is 1. The molecule has 0 aromatic carbocycles. The van der Waals surface area contributed by atoms with Gasteiger partial charge in [-0.05, 0) is 32.9 Å². The fraction of sp³-hybridized carbons (Fsp3) is 0.714. The van der Waals surface area contributed by atoms with E-state index in [1.165, 1.54) is 4.88 Å². The molecule has 0 N–H and O–H groups in total. The highest BCUT2D eigenvalue weighted by atomic mass is 32.2. The van der Waals surface area contributed by atoms with Crippen molar-refractivity contribution in [2.45, 2.75) is 38.6 Å². The standard InChI is InChI=1S/C14H22N2O2S2/c1-5-18-13(17)10-6-7-11-12(10)15-14(20-11)16(3)9(2)8-19-4/h9-10H,5-8H2,1-4H3. The lowest BCUT2D eigenvalue weighted by atomic mass is 10.1. The molecule has 0 saturated carbocycles. The number of esters is 1. The van der Waals surface area contributed by atoms with Gasteiger partial charge in [-0.3, -0.25) is 4.79 Å². The lowest BCUT2D eigenvalue weighted by Crippen LogP contribution is -2.30. The minimum atomic E-state index is -0.154. The van der Waals surface area contributed by atoms with Gasteiger partial charge in [-0.1, -0.05) is 0 Å². The van der Waals surface area contributed by atoms with Gasteiger partial charge in [0.15, 0.2) is 5.13 Å². The van der Waals surface area contributed by atoms with Gasteiger partial charge in [0.2, 0.25) is 0 Å². The average molecular weight is 314 g/mol. The third kappa shape index (κ3) is 3.11. The van der Waals surface area contributed by atoms with Crippen LogP contribution in [0.4, 0.5) is 5.13 Å². The number of anilines is 1. The molecule has 1 aromatic rings. The summed E-state index contributed by atoms with van der Waals surface area (Å²) in [5.41, 5.74) is 0.951. The first-order valence-electron chi connectivity index (χ1n) is 6.96. The molecule has 1 aliphatic rings. The van der Waals surface area contributed by atoms with Crippen molar-refractivity contribution >= 4 is 34.2 Å². The fourth-order valence-electron chi connectivity index (χ4n) is 2.38. The number of carbonyl (C=O) groups is 1. The molecule has 0 spiro atoms. The highest BCUT2D eigenvalue weighted by molar-refractivity contribution is 7.98. The largest absolute Gasteiger partial charge is 0.465 e. The maximum atomic E-state index is 11.9. The molecular formula is C14H22N2O2S2. The molecule has 1 heterocycles. The molecule has 112 valence electrons. The van der Waals surface area contributed by atoms with Crippen LogP contribution in [0.3, 0.4) is 0 Å². The van der Waals surface area contributed by atoms with Crippen molar-refractivity contribution in [3.8, 4) is 0 Å². The first-order chi connectivity index (χ1) is 9.58. The van der Waals surface area contributed by atoms with Crippen LogP contribution in [0.5, 0.6) is 0 Å². The summed E-state index contributed by atoms with van der Waals surface area (Å²) in [5.74, 6) is 0.796. The van der Waals surface area contributed by atoms with E-state index in [-0.39, 0.29) is 11.9 Å². The second-order valence-corrected chi connectivity index (χ2v) is 7.04. The molecule has 0 radical (unpaired) electrons. The lowest BCUT2D eigenvalue weighted by Gasteiger charge is -2.23. The number of rotatable bonds is 6. The monoisotopic (exact) mass is 314 g/mol. The quantitative estimate of drug-likeness (QED) is 0.755. The number of carbonyl (C=O) groups excluding carboxylic acids is 1. The van der Waals surface area contributed by atoms with Crippen LogP contribution in [-0.2, 0) is 16.0 Å². The second-order valence-electron chi connectivity index (χ2n) is 5.06. The molecule has 0 saturated heterocycles. The minimum absolute atomic E-state index is 0.122. The van der Waals surface area contributed by atoms with Crippen molar-refractivity contribution in [2.75, 3.05) is 30.6 Å². The summed E-state index contributed by atoms with van der Waals surface area (Å²) >= 11 is 3.56. The number of nitrogens with zero attached hydrogens (tertiary/aromatic N) is 2. The third-order valence-electron chi connectivity index (χ3n) is 3.65. The van der Waals surface area contributed by atoms with Gasteiger partial charge in [-0.2, -0.15) is 11.8 Å². The Morgan fingerprint density at radius 1 is 1.65 bits per heavy atom. The number of ether oxygens (including phenoxy) is 1. The third-order valence-corrected chi connectivity index (χ3v) is 5.69. The number of hydrogen-bond donors (Lipinski definition) is 0.